The summed E-state index contributed by atoms with van der Waals surface area (Å²) in [5.41, 5.74) is 3.48. The molecule has 1 aromatic carbocycles. The summed E-state index contributed by atoms with van der Waals surface area (Å²) in [7, 11) is 0. The molecule has 0 radical (unpaired) electrons. The molecule has 2 heterocycles. The Kier molecular flexibility index (Phi) is 7.53. The van der Waals surface area contributed by atoms with Gasteiger partial charge in [0.25, 0.3) is 0 Å². The van der Waals surface area contributed by atoms with Crippen molar-refractivity contribution >= 4 is 17.3 Å². The Bertz CT molecular complexity index is 924. The van der Waals surface area contributed by atoms with E-state index < -0.39 is 5.97 Å². The Morgan fingerprint density at radius 1 is 0.931 bits per heavy atom. The zero-order chi connectivity index (χ0) is 20.6. The molecule has 4 nitrogen and oxygen atoms in total. The number of benzene rings is 1. The van der Waals surface area contributed by atoms with E-state index in [-0.39, 0.29) is 5.88 Å². The van der Waals surface area contributed by atoms with Gasteiger partial charge in [0.1, 0.15) is 4.88 Å². The lowest BCUT2D eigenvalue weighted by atomic mass is 10.0. The molecule has 154 valence electrons. The van der Waals surface area contributed by atoms with Crippen molar-refractivity contribution < 1.29 is 15.0 Å². The number of thiophene rings is 1. The van der Waals surface area contributed by atoms with Crippen LogP contribution >= 0.6 is 11.3 Å². The van der Waals surface area contributed by atoms with Crippen molar-refractivity contribution in [1.29, 1.82) is 0 Å². The van der Waals surface area contributed by atoms with Crippen molar-refractivity contribution in [3.05, 3.63) is 63.8 Å². The molecule has 0 atom stereocenters. The smallest absolute Gasteiger partial charge is 0.345 e. The van der Waals surface area contributed by atoms with Crippen LogP contribution in [0.1, 0.15) is 59.1 Å². The number of aryl methyl sites for hydroxylation is 2. The number of aromatic carboxylic acids is 1. The van der Waals surface area contributed by atoms with Gasteiger partial charge in [-0.1, -0.05) is 50.5 Å². The first-order valence-electron chi connectivity index (χ1n) is 10.4. The zero-order valence-electron chi connectivity index (χ0n) is 16.9. The molecule has 0 spiro atoms. The monoisotopic (exact) mass is 411 g/mol. The van der Waals surface area contributed by atoms with E-state index in [0.717, 1.165) is 35.4 Å². The van der Waals surface area contributed by atoms with Gasteiger partial charge in [-0.2, -0.15) is 0 Å². The Balaban J connectivity index is 1.60. The second kappa shape index (κ2) is 10.3. The molecule has 2 N–H and O–H groups in total. The maximum Gasteiger partial charge on any atom is 0.345 e. The van der Waals surface area contributed by atoms with Crippen LogP contribution in [0, 0.1) is 0 Å². The lowest BCUT2D eigenvalue weighted by Gasteiger charge is -2.11. The predicted octanol–water partition coefficient (Wildman–Crippen LogP) is 6.38. The molecule has 3 aromatic rings. The average Bonchev–Trinajstić information content (AvgIpc) is 3.33. The zero-order valence-corrected chi connectivity index (χ0v) is 17.8. The first-order chi connectivity index (χ1) is 14.1. The van der Waals surface area contributed by atoms with E-state index in [0.29, 0.717) is 11.4 Å². The highest BCUT2D eigenvalue weighted by atomic mass is 32.1. The van der Waals surface area contributed by atoms with Crippen LogP contribution in [0.3, 0.4) is 0 Å². The van der Waals surface area contributed by atoms with Crippen molar-refractivity contribution in [3.8, 4) is 17.1 Å². The number of carboxylic acids is 1. The molecule has 0 aliphatic rings. The molecule has 0 saturated heterocycles. The van der Waals surface area contributed by atoms with Gasteiger partial charge in [-0.3, -0.25) is 0 Å². The number of aromatic hydroxyl groups is 1. The van der Waals surface area contributed by atoms with E-state index >= 15 is 0 Å². The van der Waals surface area contributed by atoms with Crippen LogP contribution < -0.4 is 0 Å². The molecule has 3 rings (SSSR count). The lowest BCUT2D eigenvalue weighted by Crippen LogP contribution is -2.01. The maximum absolute atomic E-state index is 11.0. The number of unbranched alkanes of at least 4 members (excludes halogenated alkanes) is 3. The van der Waals surface area contributed by atoms with Gasteiger partial charge < -0.3 is 14.8 Å². The summed E-state index contributed by atoms with van der Waals surface area (Å²) in [6, 6.07) is 15.9. The van der Waals surface area contributed by atoms with Crippen molar-refractivity contribution in [1.82, 2.24) is 4.57 Å². The first-order valence-corrected chi connectivity index (χ1v) is 11.2. The summed E-state index contributed by atoms with van der Waals surface area (Å²) in [4.78, 5) is 12.4. The SMILES string of the molecule is CCCCCCc1ccc(-c2ccc(O)n2CCCc2ccc(C(=O)O)s2)cc1. The van der Waals surface area contributed by atoms with Crippen LogP contribution in [0.15, 0.2) is 48.5 Å². The third kappa shape index (κ3) is 5.73. The number of carbonyl (C=O) groups is 1. The second-order valence-corrected chi connectivity index (χ2v) is 8.58. The number of nitrogens with zero attached hydrogens (tertiary/aromatic N) is 1. The van der Waals surface area contributed by atoms with Gasteiger partial charge >= 0.3 is 5.97 Å². The number of hydrogen-bond acceptors (Lipinski definition) is 3. The van der Waals surface area contributed by atoms with E-state index in [4.69, 9.17) is 5.11 Å². The quantitative estimate of drug-likeness (QED) is 0.360. The maximum atomic E-state index is 11.0. The van der Waals surface area contributed by atoms with Crippen molar-refractivity contribution in [3.63, 3.8) is 0 Å². The molecule has 0 aliphatic carbocycles. The van der Waals surface area contributed by atoms with Crippen LogP contribution in [-0.4, -0.2) is 20.7 Å². The van der Waals surface area contributed by atoms with Gasteiger partial charge in [-0.25, -0.2) is 4.79 Å². The lowest BCUT2D eigenvalue weighted by molar-refractivity contribution is 0.0702. The van der Waals surface area contributed by atoms with Crippen LogP contribution in [0.25, 0.3) is 11.3 Å². The Morgan fingerprint density at radius 2 is 1.72 bits per heavy atom. The molecule has 2 aromatic heterocycles. The van der Waals surface area contributed by atoms with E-state index in [2.05, 4.69) is 31.2 Å². The summed E-state index contributed by atoms with van der Waals surface area (Å²) < 4.78 is 1.93. The number of carboxylic acid groups (broad SMARTS) is 1. The predicted molar refractivity (Wildman–Crippen MR) is 119 cm³/mol. The second-order valence-electron chi connectivity index (χ2n) is 7.41. The van der Waals surface area contributed by atoms with Gasteiger partial charge in [0.2, 0.25) is 0 Å². The van der Waals surface area contributed by atoms with Crippen LogP contribution in [-0.2, 0) is 19.4 Å². The van der Waals surface area contributed by atoms with Gasteiger partial charge in [0.05, 0.1) is 5.69 Å². The summed E-state index contributed by atoms with van der Waals surface area (Å²) in [6.07, 6.45) is 7.83. The highest BCUT2D eigenvalue weighted by molar-refractivity contribution is 7.13. The highest BCUT2D eigenvalue weighted by Gasteiger charge is 2.11. The van der Waals surface area contributed by atoms with E-state index in [1.54, 1.807) is 12.1 Å². The highest BCUT2D eigenvalue weighted by Crippen LogP contribution is 2.28. The largest absolute Gasteiger partial charge is 0.494 e. The van der Waals surface area contributed by atoms with Gasteiger partial charge in [-0.05, 0) is 55.0 Å². The molecule has 0 unspecified atom stereocenters. The molecule has 0 saturated carbocycles. The Labute approximate surface area is 176 Å². The topological polar surface area (TPSA) is 62.5 Å². The molecule has 0 bridgehead atoms. The fraction of sp³-hybridized carbons (Fsp3) is 0.375. The molecular formula is C24H29NO3S. The van der Waals surface area contributed by atoms with Gasteiger partial charge in [0.15, 0.2) is 5.88 Å². The van der Waals surface area contributed by atoms with E-state index in [1.807, 2.05) is 16.7 Å². The first kappa shape index (κ1) is 21.2. The van der Waals surface area contributed by atoms with Crippen molar-refractivity contribution in [2.45, 2.75) is 58.4 Å². The molecule has 0 amide bonds. The fourth-order valence-corrected chi connectivity index (χ4v) is 4.47. The third-order valence-electron chi connectivity index (χ3n) is 5.20. The van der Waals surface area contributed by atoms with Crippen molar-refractivity contribution in [2.75, 3.05) is 0 Å². The van der Waals surface area contributed by atoms with Crippen molar-refractivity contribution in [2.24, 2.45) is 0 Å². The summed E-state index contributed by atoms with van der Waals surface area (Å²) in [5.74, 6) is -0.610. The molecule has 5 heteroatoms. The Morgan fingerprint density at radius 3 is 2.41 bits per heavy atom. The van der Waals surface area contributed by atoms with Crippen LogP contribution in [0.2, 0.25) is 0 Å². The summed E-state index contributed by atoms with van der Waals surface area (Å²) >= 11 is 1.32. The number of rotatable bonds is 11. The minimum atomic E-state index is -0.875. The number of hydrogen-bond donors (Lipinski definition) is 2. The number of aromatic nitrogens is 1. The molecular weight excluding hydrogens is 382 g/mol. The Hall–Kier alpha value is -2.53. The van der Waals surface area contributed by atoms with Crippen LogP contribution in [0.4, 0.5) is 0 Å². The fourth-order valence-electron chi connectivity index (χ4n) is 3.58. The minimum absolute atomic E-state index is 0.265. The summed E-state index contributed by atoms with van der Waals surface area (Å²) in [6.45, 7) is 2.92. The molecule has 29 heavy (non-hydrogen) atoms. The van der Waals surface area contributed by atoms with Gasteiger partial charge in [-0.15, -0.1) is 11.3 Å². The molecule has 0 aliphatic heterocycles. The van der Waals surface area contributed by atoms with E-state index in [9.17, 15) is 9.90 Å². The third-order valence-corrected chi connectivity index (χ3v) is 6.34. The van der Waals surface area contributed by atoms with Gasteiger partial charge in [0, 0.05) is 17.5 Å². The average molecular weight is 412 g/mol. The van der Waals surface area contributed by atoms with Crippen LogP contribution in [0.5, 0.6) is 5.88 Å². The summed E-state index contributed by atoms with van der Waals surface area (Å²) in [5, 5.41) is 19.3. The molecule has 0 fully saturated rings. The minimum Gasteiger partial charge on any atom is -0.494 e. The normalized spacial score (nSPS) is 11.1. The van der Waals surface area contributed by atoms with E-state index in [1.165, 1.54) is 42.6 Å². The standard InChI is InChI=1S/C24H29NO3S/c1-2-3-4-5-7-18-9-11-19(12-10-18)21-14-16-23(26)25(21)17-6-8-20-13-15-22(29-20)24(27)28/h9-16,26H,2-8,17H2,1H3,(H,27,28).